The van der Waals surface area contributed by atoms with Crippen molar-refractivity contribution < 1.29 is 0 Å². The molecular weight excluding hydrogens is 347 g/mol. The molecule has 4 rings (SSSR count). The maximum atomic E-state index is 5.09. The smallest absolute Gasteiger partial charge is 0.195 e. The molecule has 2 aromatic rings. The Morgan fingerprint density at radius 2 is 1.30 bits per heavy atom. The second-order valence-electron chi connectivity index (χ2n) is 8.78. The minimum absolute atomic E-state index is 0.660. The van der Waals surface area contributed by atoms with Crippen LogP contribution in [0.1, 0.15) is 108 Å². The van der Waals surface area contributed by atoms with E-state index in [4.69, 9.17) is 9.97 Å². The highest BCUT2D eigenvalue weighted by molar-refractivity contribution is 7.26. The maximum absolute atomic E-state index is 5.09. The van der Waals surface area contributed by atoms with Gasteiger partial charge in [0.15, 0.2) is 7.28 Å². The Labute approximate surface area is 169 Å². The molecule has 1 radical (unpaired) electrons. The van der Waals surface area contributed by atoms with E-state index in [2.05, 4.69) is 19.4 Å². The van der Waals surface area contributed by atoms with E-state index in [1.165, 1.54) is 107 Å². The van der Waals surface area contributed by atoms with Crippen LogP contribution in [-0.4, -0.2) is 17.2 Å². The van der Waals surface area contributed by atoms with E-state index in [0.29, 0.717) is 5.92 Å². The number of aromatic nitrogens is 2. The molecule has 0 spiro atoms. The van der Waals surface area contributed by atoms with Crippen molar-refractivity contribution in [2.45, 2.75) is 108 Å². The van der Waals surface area contributed by atoms with Crippen LogP contribution < -0.4 is 4.91 Å². The fraction of sp³-hybridized carbons (Fsp3) is 0.739. The van der Waals surface area contributed by atoms with Crippen molar-refractivity contribution in [1.82, 2.24) is 9.97 Å². The SMILES string of the molecule is [B](c1nc2ccc(C3CCCCCCCC3)nc2s1)C1CCCCCCC1. The van der Waals surface area contributed by atoms with Crippen molar-refractivity contribution in [2.24, 2.45) is 0 Å². The summed E-state index contributed by atoms with van der Waals surface area (Å²) in [7, 11) is 2.46. The molecule has 2 saturated carbocycles. The Hall–Kier alpha value is -0.895. The molecule has 0 aromatic carbocycles. The van der Waals surface area contributed by atoms with E-state index < -0.39 is 0 Å². The zero-order valence-corrected chi connectivity index (χ0v) is 17.6. The van der Waals surface area contributed by atoms with Gasteiger partial charge >= 0.3 is 0 Å². The minimum atomic E-state index is 0.660. The van der Waals surface area contributed by atoms with E-state index in [9.17, 15) is 0 Å². The number of thiazole rings is 1. The number of hydrogen-bond donors (Lipinski definition) is 0. The second-order valence-corrected chi connectivity index (χ2v) is 9.79. The molecule has 2 nitrogen and oxygen atoms in total. The summed E-state index contributed by atoms with van der Waals surface area (Å²) < 4.78 is 0. The van der Waals surface area contributed by atoms with Gasteiger partial charge in [-0.1, -0.05) is 89.3 Å². The summed E-state index contributed by atoms with van der Waals surface area (Å²) in [6.45, 7) is 0. The van der Waals surface area contributed by atoms with Gasteiger partial charge in [-0.05, 0) is 25.0 Å². The van der Waals surface area contributed by atoms with Crippen LogP contribution in [0.5, 0.6) is 0 Å². The first-order valence-corrected chi connectivity index (χ1v) is 12.3. The number of pyridine rings is 1. The molecule has 0 N–H and O–H groups in total. The number of hydrogen-bond acceptors (Lipinski definition) is 3. The van der Waals surface area contributed by atoms with Crippen LogP contribution in [0.25, 0.3) is 10.3 Å². The molecule has 2 fully saturated rings. The third-order valence-corrected chi connectivity index (χ3v) is 7.53. The van der Waals surface area contributed by atoms with Gasteiger partial charge < -0.3 is 0 Å². The molecular formula is C23H34BN2S. The van der Waals surface area contributed by atoms with Crippen LogP contribution in [0, 0.1) is 0 Å². The van der Waals surface area contributed by atoms with Crippen molar-refractivity contribution in [3.63, 3.8) is 0 Å². The number of rotatable bonds is 3. The van der Waals surface area contributed by atoms with Crippen molar-refractivity contribution in [1.29, 1.82) is 0 Å². The Morgan fingerprint density at radius 3 is 1.96 bits per heavy atom. The summed E-state index contributed by atoms with van der Waals surface area (Å²) in [5, 5.41) is 0. The summed E-state index contributed by atoms with van der Waals surface area (Å²) in [6.07, 6.45) is 20.7. The van der Waals surface area contributed by atoms with E-state index in [0.717, 1.165) is 16.2 Å². The highest BCUT2D eigenvalue weighted by atomic mass is 32.1. The predicted molar refractivity (Wildman–Crippen MR) is 119 cm³/mol. The molecule has 0 aliphatic heterocycles. The quantitative estimate of drug-likeness (QED) is 0.548. The lowest BCUT2D eigenvalue weighted by molar-refractivity contribution is 0.502. The molecule has 27 heavy (non-hydrogen) atoms. The van der Waals surface area contributed by atoms with Crippen LogP contribution in [0.15, 0.2) is 12.1 Å². The van der Waals surface area contributed by atoms with E-state index in [-0.39, 0.29) is 0 Å². The molecule has 0 unspecified atom stereocenters. The lowest BCUT2D eigenvalue weighted by Crippen LogP contribution is -2.19. The molecule has 4 heteroatoms. The first-order valence-electron chi connectivity index (χ1n) is 11.5. The molecule has 2 aliphatic carbocycles. The third-order valence-electron chi connectivity index (χ3n) is 6.60. The largest absolute Gasteiger partial charge is 0.251 e. The Morgan fingerprint density at radius 1 is 0.704 bits per heavy atom. The van der Waals surface area contributed by atoms with Crippen molar-refractivity contribution in [3.8, 4) is 0 Å². The molecule has 0 bridgehead atoms. The van der Waals surface area contributed by atoms with E-state index >= 15 is 0 Å². The second kappa shape index (κ2) is 10.0. The van der Waals surface area contributed by atoms with Crippen molar-refractivity contribution in [2.75, 3.05) is 0 Å². The summed E-state index contributed by atoms with van der Waals surface area (Å²) in [6, 6.07) is 4.50. The first kappa shape index (κ1) is 19.4. The Kier molecular flexibility index (Phi) is 7.23. The van der Waals surface area contributed by atoms with E-state index in [1.807, 2.05) is 11.3 Å². The van der Waals surface area contributed by atoms with Crippen molar-refractivity contribution in [3.05, 3.63) is 17.8 Å². The number of fused-ring (bicyclic) bond motifs is 1. The van der Waals surface area contributed by atoms with Crippen molar-refractivity contribution >= 4 is 33.9 Å². The molecule has 0 amide bonds. The molecule has 2 aliphatic rings. The van der Waals surface area contributed by atoms with Crippen LogP contribution in [0.4, 0.5) is 0 Å². The summed E-state index contributed by atoms with van der Waals surface area (Å²) in [5.74, 6) is 1.38. The fourth-order valence-corrected chi connectivity index (χ4v) is 5.90. The van der Waals surface area contributed by atoms with Gasteiger partial charge in [0.05, 0.1) is 5.52 Å². The average Bonchev–Trinajstić information content (AvgIpc) is 3.10. The Bertz CT molecular complexity index is 695. The molecule has 145 valence electrons. The normalized spacial score (nSPS) is 21.8. The molecule has 2 aromatic heterocycles. The highest BCUT2D eigenvalue weighted by Crippen LogP contribution is 2.31. The van der Waals surface area contributed by atoms with Gasteiger partial charge in [0.2, 0.25) is 0 Å². The summed E-state index contributed by atoms with van der Waals surface area (Å²) in [5.41, 5.74) is 2.43. The van der Waals surface area contributed by atoms with Crippen LogP contribution in [0.2, 0.25) is 5.82 Å². The fourth-order valence-electron chi connectivity index (χ4n) is 4.93. The van der Waals surface area contributed by atoms with Gasteiger partial charge in [0, 0.05) is 16.5 Å². The lowest BCUT2D eigenvalue weighted by atomic mass is 9.60. The molecule has 2 heterocycles. The standard InChI is InChI=1S/C23H34BN2S/c1-2-5-9-13-18(12-8-4-1)20-16-17-21-22(25-20)27-23(26-21)24-19-14-10-6-3-7-11-15-19/h16-19H,1-15H2. The monoisotopic (exact) mass is 381 g/mol. The van der Waals surface area contributed by atoms with Gasteiger partial charge in [0.1, 0.15) is 4.83 Å². The summed E-state index contributed by atoms with van der Waals surface area (Å²) in [4.78, 5) is 12.3. The Balaban J connectivity index is 1.45. The van der Waals surface area contributed by atoms with Gasteiger partial charge in [-0.2, -0.15) is 0 Å². The predicted octanol–water partition coefficient (Wildman–Crippen LogP) is 6.77. The number of nitrogens with zero attached hydrogens (tertiary/aromatic N) is 2. The van der Waals surface area contributed by atoms with Gasteiger partial charge in [-0.3, -0.25) is 4.98 Å². The van der Waals surface area contributed by atoms with E-state index in [1.54, 1.807) is 0 Å². The zero-order chi connectivity index (χ0) is 18.3. The topological polar surface area (TPSA) is 25.8 Å². The van der Waals surface area contributed by atoms with Crippen LogP contribution in [0.3, 0.4) is 0 Å². The van der Waals surface area contributed by atoms with Crippen LogP contribution >= 0.6 is 11.3 Å². The third kappa shape index (κ3) is 5.56. The summed E-state index contributed by atoms with van der Waals surface area (Å²) >= 11 is 1.82. The molecule has 0 saturated heterocycles. The highest BCUT2D eigenvalue weighted by Gasteiger charge is 2.19. The minimum Gasteiger partial charge on any atom is -0.251 e. The first-order chi connectivity index (χ1) is 13.4. The lowest BCUT2D eigenvalue weighted by Gasteiger charge is -2.17. The van der Waals surface area contributed by atoms with Crippen LogP contribution in [-0.2, 0) is 0 Å². The maximum Gasteiger partial charge on any atom is 0.195 e. The average molecular weight is 381 g/mol. The van der Waals surface area contributed by atoms with Gasteiger partial charge in [-0.25, -0.2) is 4.98 Å². The zero-order valence-electron chi connectivity index (χ0n) is 16.8. The van der Waals surface area contributed by atoms with Gasteiger partial charge in [-0.15, -0.1) is 11.3 Å². The van der Waals surface area contributed by atoms with Gasteiger partial charge in [0.25, 0.3) is 0 Å². The molecule has 0 atom stereocenters.